The molecule has 3 rings (SSSR count). The Balaban J connectivity index is 1.66. The first-order chi connectivity index (χ1) is 10.8. The molecule has 2 aromatic rings. The molecule has 0 fully saturated rings. The van der Waals surface area contributed by atoms with Crippen molar-refractivity contribution in [3.63, 3.8) is 0 Å². The van der Waals surface area contributed by atoms with Crippen molar-refractivity contribution in [1.29, 1.82) is 0 Å². The first-order valence-electron chi connectivity index (χ1n) is 7.49. The molecule has 0 amide bonds. The molecule has 0 unspecified atom stereocenters. The Morgan fingerprint density at radius 2 is 2.27 bits per heavy atom. The number of fused-ring (bicyclic) bond motifs is 1. The second-order valence-corrected chi connectivity index (χ2v) is 6.21. The zero-order valence-corrected chi connectivity index (χ0v) is 13.3. The summed E-state index contributed by atoms with van der Waals surface area (Å²) in [5.74, 6) is 0.607. The normalized spacial score (nSPS) is 14.0. The summed E-state index contributed by atoms with van der Waals surface area (Å²) in [4.78, 5) is 5.95. The second kappa shape index (κ2) is 6.79. The molecule has 6 heteroatoms. The van der Waals surface area contributed by atoms with Crippen LogP contribution in [-0.2, 0) is 12.8 Å². The van der Waals surface area contributed by atoms with E-state index in [1.807, 2.05) is 6.92 Å². The molecule has 1 aromatic carbocycles. The van der Waals surface area contributed by atoms with Crippen molar-refractivity contribution in [3.8, 4) is 11.5 Å². The van der Waals surface area contributed by atoms with E-state index in [2.05, 4.69) is 15.5 Å². The highest BCUT2D eigenvalue weighted by Crippen LogP contribution is 2.29. The summed E-state index contributed by atoms with van der Waals surface area (Å²) >= 11 is 1.68. The number of anilines is 1. The highest BCUT2D eigenvalue weighted by Gasteiger charge is 2.14. The van der Waals surface area contributed by atoms with Gasteiger partial charge >= 0.3 is 0 Å². The van der Waals surface area contributed by atoms with E-state index in [1.54, 1.807) is 35.8 Å². The molecule has 1 aliphatic carbocycles. The van der Waals surface area contributed by atoms with Crippen LogP contribution in [0, 0.1) is 0 Å². The molecule has 0 radical (unpaired) electrons. The summed E-state index contributed by atoms with van der Waals surface area (Å²) in [6.45, 7) is 2.39. The van der Waals surface area contributed by atoms with Gasteiger partial charge in [0.15, 0.2) is 11.5 Å². The summed E-state index contributed by atoms with van der Waals surface area (Å²) < 4.78 is 5.35. The minimum absolute atomic E-state index is 0.138. The third kappa shape index (κ3) is 3.39. The molecule has 0 saturated carbocycles. The van der Waals surface area contributed by atoms with Gasteiger partial charge in [-0.3, -0.25) is 5.43 Å². The number of hydrazone groups is 1. The molecule has 1 aromatic heterocycles. The fourth-order valence-corrected chi connectivity index (χ4v) is 3.44. The number of aromatic hydroxyl groups is 1. The van der Waals surface area contributed by atoms with E-state index in [1.165, 1.54) is 23.4 Å². The maximum Gasteiger partial charge on any atom is 0.203 e. The number of phenolic OH excluding ortho intramolecular Hbond substituents is 1. The molecule has 1 aliphatic rings. The van der Waals surface area contributed by atoms with Crippen molar-refractivity contribution in [2.45, 2.75) is 32.6 Å². The molecule has 5 nitrogen and oxygen atoms in total. The zero-order valence-electron chi connectivity index (χ0n) is 12.5. The van der Waals surface area contributed by atoms with Gasteiger partial charge in [0.2, 0.25) is 5.13 Å². The van der Waals surface area contributed by atoms with Gasteiger partial charge in [-0.25, -0.2) is 4.98 Å². The predicted molar refractivity (Wildman–Crippen MR) is 89.2 cm³/mol. The highest BCUT2D eigenvalue weighted by atomic mass is 32.1. The lowest BCUT2D eigenvalue weighted by molar-refractivity contribution is 0.318. The highest BCUT2D eigenvalue weighted by molar-refractivity contribution is 7.15. The molecule has 0 spiro atoms. The molecular weight excluding hydrogens is 298 g/mol. The van der Waals surface area contributed by atoms with Gasteiger partial charge < -0.3 is 9.84 Å². The van der Waals surface area contributed by atoms with Crippen molar-refractivity contribution in [2.75, 3.05) is 12.0 Å². The fraction of sp³-hybridized carbons (Fsp3) is 0.375. The predicted octanol–water partition coefficient (Wildman–Crippen LogP) is 3.57. The quantitative estimate of drug-likeness (QED) is 0.653. The minimum Gasteiger partial charge on any atom is -0.504 e. The molecule has 0 aliphatic heterocycles. The third-order valence-corrected chi connectivity index (χ3v) is 4.57. The van der Waals surface area contributed by atoms with Gasteiger partial charge in [-0.15, -0.1) is 11.3 Å². The first-order valence-corrected chi connectivity index (χ1v) is 8.31. The van der Waals surface area contributed by atoms with Crippen LogP contribution in [0.5, 0.6) is 11.5 Å². The van der Waals surface area contributed by atoms with E-state index in [4.69, 9.17) is 4.74 Å². The third-order valence-electron chi connectivity index (χ3n) is 3.50. The Morgan fingerprint density at radius 1 is 1.41 bits per heavy atom. The van der Waals surface area contributed by atoms with Crippen LogP contribution < -0.4 is 10.2 Å². The molecular formula is C16H19N3O2S. The average molecular weight is 317 g/mol. The Hall–Kier alpha value is -2.08. The van der Waals surface area contributed by atoms with Crippen LogP contribution in [0.25, 0.3) is 0 Å². The molecule has 1 heterocycles. The van der Waals surface area contributed by atoms with Crippen LogP contribution in [0.15, 0.2) is 23.3 Å². The molecule has 0 saturated heterocycles. The van der Waals surface area contributed by atoms with Crippen molar-refractivity contribution < 1.29 is 9.84 Å². The Labute approximate surface area is 133 Å². The Morgan fingerprint density at radius 3 is 3.09 bits per heavy atom. The number of phenols is 1. The van der Waals surface area contributed by atoms with Crippen molar-refractivity contribution >= 4 is 22.7 Å². The lowest BCUT2D eigenvalue weighted by atomic mass is 10.0. The van der Waals surface area contributed by atoms with Crippen LogP contribution in [0.4, 0.5) is 5.13 Å². The average Bonchev–Trinajstić information content (AvgIpc) is 2.93. The monoisotopic (exact) mass is 317 g/mol. The lowest BCUT2D eigenvalue weighted by Crippen LogP contribution is -1.99. The topological polar surface area (TPSA) is 66.7 Å². The van der Waals surface area contributed by atoms with Gasteiger partial charge in [0.05, 0.1) is 18.5 Å². The van der Waals surface area contributed by atoms with E-state index in [-0.39, 0.29) is 5.75 Å². The van der Waals surface area contributed by atoms with Crippen molar-refractivity contribution in [1.82, 2.24) is 4.98 Å². The van der Waals surface area contributed by atoms with E-state index in [0.717, 1.165) is 23.5 Å². The van der Waals surface area contributed by atoms with Crippen LogP contribution in [0.2, 0.25) is 0 Å². The number of aromatic nitrogens is 1. The Bertz CT molecular complexity index is 659. The number of aryl methyl sites for hydroxylation is 2. The van der Waals surface area contributed by atoms with E-state index < -0.39 is 0 Å². The molecule has 0 atom stereocenters. The van der Waals surface area contributed by atoms with E-state index in [0.29, 0.717) is 12.4 Å². The van der Waals surface area contributed by atoms with E-state index in [9.17, 15) is 5.11 Å². The summed E-state index contributed by atoms with van der Waals surface area (Å²) in [7, 11) is 0. The van der Waals surface area contributed by atoms with Crippen LogP contribution >= 0.6 is 11.3 Å². The summed E-state index contributed by atoms with van der Waals surface area (Å²) in [6.07, 6.45) is 6.39. The van der Waals surface area contributed by atoms with Gasteiger partial charge in [0, 0.05) is 4.88 Å². The van der Waals surface area contributed by atoms with Crippen LogP contribution in [-0.4, -0.2) is 22.9 Å². The largest absolute Gasteiger partial charge is 0.504 e. The number of benzene rings is 1. The molecule has 22 heavy (non-hydrogen) atoms. The zero-order chi connectivity index (χ0) is 15.4. The number of thiazole rings is 1. The van der Waals surface area contributed by atoms with Gasteiger partial charge in [0.25, 0.3) is 0 Å². The SMILES string of the molecule is CCOc1cc(/C=N\Nc2nc3c(s2)CCCC3)ccc1O. The number of rotatable bonds is 5. The molecule has 2 N–H and O–H groups in total. The summed E-state index contributed by atoms with van der Waals surface area (Å²) in [5.41, 5.74) is 5.07. The lowest BCUT2D eigenvalue weighted by Gasteiger charge is -2.06. The van der Waals surface area contributed by atoms with Gasteiger partial charge in [-0.2, -0.15) is 5.10 Å². The van der Waals surface area contributed by atoms with Gasteiger partial charge in [0.1, 0.15) is 0 Å². The number of nitrogens with zero attached hydrogens (tertiary/aromatic N) is 2. The smallest absolute Gasteiger partial charge is 0.203 e. The first kappa shape index (κ1) is 14.8. The van der Waals surface area contributed by atoms with Crippen molar-refractivity contribution in [3.05, 3.63) is 34.3 Å². The fourth-order valence-electron chi connectivity index (χ4n) is 2.44. The Kier molecular flexibility index (Phi) is 4.58. The van der Waals surface area contributed by atoms with Crippen molar-refractivity contribution in [2.24, 2.45) is 5.10 Å². The second-order valence-electron chi connectivity index (χ2n) is 5.13. The number of ether oxygens (including phenoxy) is 1. The van der Waals surface area contributed by atoms with Crippen LogP contribution in [0.3, 0.4) is 0 Å². The number of nitrogens with one attached hydrogen (secondary N) is 1. The minimum atomic E-state index is 0.138. The number of hydrogen-bond donors (Lipinski definition) is 2. The maximum atomic E-state index is 9.67. The van der Waals surface area contributed by atoms with Crippen LogP contribution in [0.1, 0.15) is 35.9 Å². The number of hydrogen-bond acceptors (Lipinski definition) is 6. The van der Waals surface area contributed by atoms with Gasteiger partial charge in [-0.05, 0) is 56.4 Å². The van der Waals surface area contributed by atoms with E-state index >= 15 is 0 Å². The molecule has 116 valence electrons. The summed E-state index contributed by atoms with van der Waals surface area (Å²) in [6, 6.07) is 5.15. The molecule has 0 bridgehead atoms. The van der Waals surface area contributed by atoms with Gasteiger partial charge in [-0.1, -0.05) is 0 Å². The standard InChI is InChI=1S/C16H19N3O2S/c1-2-21-14-9-11(7-8-13(14)20)10-17-19-16-18-12-5-3-4-6-15(12)22-16/h7-10,20H,2-6H2,1H3,(H,18,19)/b17-10-. The summed E-state index contributed by atoms with van der Waals surface area (Å²) in [5, 5.41) is 14.7. The maximum absolute atomic E-state index is 9.67.